The van der Waals surface area contributed by atoms with Crippen LogP contribution in [0.25, 0.3) is 0 Å². The molecule has 1 saturated heterocycles. The molecule has 0 amide bonds. The lowest BCUT2D eigenvalue weighted by molar-refractivity contribution is 0.187. The molecule has 4 heteroatoms. The molecule has 3 nitrogen and oxygen atoms in total. The van der Waals surface area contributed by atoms with Gasteiger partial charge in [0, 0.05) is 54.9 Å². The van der Waals surface area contributed by atoms with Gasteiger partial charge in [-0.05, 0) is 31.2 Å². The highest BCUT2D eigenvalue weighted by Crippen LogP contribution is 2.31. The van der Waals surface area contributed by atoms with Crippen molar-refractivity contribution in [2.24, 2.45) is 5.73 Å². The number of rotatable bonds is 4. The van der Waals surface area contributed by atoms with Gasteiger partial charge in [0.1, 0.15) is 0 Å². The van der Waals surface area contributed by atoms with Crippen LogP contribution >= 0.6 is 11.8 Å². The minimum atomic E-state index is 0.634. The van der Waals surface area contributed by atoms with Crippen LogP contribution in [0.5, 0.6) is 0 Å². The van der Waals surface area contributed by atoms with Crippen molar-refractivity contribution in [2.45, 2.75) is 43.2 Å². The Morgan fingerprint density at radius 2 is 1.86 bits per heavy atom. The molecule has 2 aliphatic rings. The van der Waals surface area contributed by atoms with E-state index in [2.05, 4.69) is 34.3 Å². The van der Waals surface area contributed by atoms with Crippen LogP contribution in [0.3, 0.4) is 0 Å². The lowest BCUT2D eigenvalue weighted by atomic mass is 10.1. The molecule has 2 fully saturated rings. The van der Waals surface area contributed by atoms with E-state index in [0.29, 0.717) is 6.54 Å². The number of anilines is 1. The molecule has 1 heterocycles. The number of nitrogens with two attached hydrogens (primary N) is 1. The summed E-state index contributed by atoms with van der Waals surface area (Å²) in [6, 6.07) is 7.46. The summed E-state index contributed by atoms with van der Waals surface area (Å²) in [4.78, 5) is 6.57. The third-order valence-corrected chi connectivity index (χ3v) is 5.85. The third-order valence-electron chi connectivity index (χ3n) is 5.03. The minimum absolute atomic E-state index is 0.634. The highest BCUT2D eigenvalue weighted by molar-refractivity contribution is 7.98. The van der Waals surface area contributed by atoms with Crippen LogP contribution in [0.2, 0.25) is 0 Å². The summed E-state index contributed by atoms with van der Waals surface area (Å²) >= 11 is 1.80. The lowest BCUT2D eigenvalue weighted by Crippen LogP contribution is -2.50. The van der Waals surface area contributed by atoms with Crippen molar-refractivity contribution in [3.63, 3.8) is 0 Å². The van der Waals surface area contributed by atoms with Gasteiger partial charge in [-0.1, -0.05) is 18.9 Å². The van der Waals surface area contributed by atoms with Gasteiger partial charge in [-0.15, -0.1) is 11.8 Å². The molecule has 0 unspecified atom stereocenters. The molecule has 1 aliphatic carbocycles. The number of benzene rings is 1. The molecule has 0 atom stereocenters. The monoisotopic (exact) mass is 305 g/mol. The summed E-state index contributed by atoms with van der Waals surface area (Å²) in [6.07, 6.45) is 7.82. The van der Waals surface area contributed by atoms with E-state index in [0.717, 1.165) is 19.1 Å². The Balaban J connectivity index is 1.69. The Bertz CT molecular complexity index is 463. The Morgan fingerprint density at radius 1 is 1.14 bits per heavy atom. The fourth-order valence-corrected chi connectivity index (χ4v) is 4.49. The average molecular weight is 305 g/mol. The standard InChI is InChI=1S/C17H27N3S/c1-21-17-8-4-7-16(15(17)13-18)20-11-9-19(10-12-20)14-5-2-3-6-14/h4,7-8,14H,2-3,5-6,9-13,18H2,1H3. The van der Waals surface area contributed by atoms with Crippen LogP contribution in [-0.2, 0) is 6.54 Å². The van der Waals surface area contributed by atoms with Crippen molar-refractivity contribution >= 4 is 17.4 Å². The molecule has 1 saturated carbocycles. The molecule has 1 aromatic rings. The zero-order valence-corrected chi connectivity index (χ0v) is 13.9. The van der Waals surface area contributed by atoms with Gasteiger partial charge < -0.3 is 10.6 Å². The summed E-state index contributed by atoms with van der Waals surface area (Å²) in [5.41, 5.74) is 8.69. The van der Waals surface area contributed by atoms with E-state index in [1.807, 2.05) is 0 Å². The van der Waals surface area contributed by atoms with E-state index < -0.39 is 0 Å². The highest BCUT2D eigenvalue weighted by atomic mass is 32.2. The topological polar surface area (TPSA) is 32.5 Å². The first-order valence-corrected chi connectivity index (χ1v) is 9.41. The molecule has 3 rings (SSSR count). The molecule has 0 aromatic heterocycles. The maximum atomic E-state index is 6.01. The Labute approximate surface area is 132 Å². The van der Waals surface area contributed by atoms with E-state index in [4.69, 9.17) is 5.73 Å². The quantitative estimate of drug-likeness (QED) is 0.867. The van der Waals surface area contributed by atoms with Crippen molar-refractivity contribution in [3.05, 3.63) is 23.8 Å². The van der Waals surface area contributed by atoms with Crippen molar-refractivity contribution < 1.29 is 0 Å². The number of hydrogen-bond donors (Lipinski definition) is 1. The van der Waals surface area contributed by atoms with Gasteiger partial charge in [0.15, 0.2) is 0 Å². The zero-order chi connectivity index (χ0) is 14.7. The molecule has 0 radical (unpaired) electrons. The lowest BCUT2D eigenvalue weighted by Gasteiger charge is -2.40. The van der Waals surface area contributed by atoms with Crippen LogP contribution in [0.4, 0.5) is 5.69 Å². The fourth-order valence-electron chi connectivity index (χ4n) is 3.84. The van der Waals surface area contributed by atoms with Gasteiger partial charge in [0.05, 0.1) is 0 Å². The highest BCUT2D eigenvalue weighted by Gasteiger charge is 2.26. The normalized spacial score (nSPS) is 21.1. The summed E-state index contributed by atoms with van der Waals surface area (Å²) in [5, 5.41) is 0. The first-order valence-electron chi connectivity index (χ1n) is 8.18. The summed E-state index contributed by atoms with van der Waals surface area (Å²) in [5.74, 6) is 0. The molecule has 116 valence electrons. The zero-order valence-electron chi connectivity index (χ0n) is 13.1. The van der Waals surface area contributed by atoms with E-state index in [1.54, 1.807) is 11.8 Å². The first kappa shape index (κ1) is 15.2. The third kappa shape index (κ3) is 3.22. The minimum Gasteiger partial charge on any atom is -0.369 e. The molecule has 1 aliphatic heterocycles. The Morgan fingerprint density at radius 3 is 2.48 bits per heavy atom. The van der Waals surface area contributed by atoms with Gasteiger partial charge >= 0.3 is 0 Å². The number of nitrogens with zero attached hydrogens (tertiary/aromatic N) is 2. The SMILES string of the molecule is CSc1cccc(N2CCN(C3CCCC3)CC2)c1CN. The predicted molar refractivity (Wildman–Crippen MR) is 92.2 cm³/mol. The van der Waals surface area contributed by atoms with E-state index in [9.17, 15) is 0 Å². The van der Waals surface area contributed by atoms with Crippen LogP contribution in [0.15, 0.2) is 23.1 Å². The van der Waals surface area contributed by atoms with Gasteiger partial charge in [0.25, 0.3) is 0 Å². The summed E-state index contributed by atoms with van der Waals surface area (Å²) < 4.78 is 0. The van der Waals surface area contributed by atoms with Crippen molar-refractivity contribution in [1.29, 1.82) is 0 Å². The largest absolute Gasteiger partial charge is 0.369 e. The maximum Gasteiger partial charge on any atom is 0.0423 e. The van der Waals surface area contributed by atoms with Gasteiger partial charge in [-0.3, -0.25) is 4.90 Å². The van der Waals surface area contributed by atoms with E-state index in [-0.39, 0.29) is 0 Å². The number of piperazine rings is 1. The van der Waals surface area contributed by atoms with Crippen LogP contribution in [0, 0.1) is 0 Å². The molecular formula is C17H27N3S. The fraction of sp³-hybridized carbons (Fsp3) is 0.647. The molecular weight excluding hydrogens is 278 g/mol. The van der Waals surface area contributed by atoms with Gasteiger partial charge in [0.2, 0.25) is 0 Å². The smallest absolute Gasteiger partial charge is 0.0423 e. The number of thioether (sulfide) groups is 1. The molecule has 0 spiro atoms. The maximum absolute atomic E-state index is 6.01. The Hall–Kier alpha value is -0.710. The van der Waals surface area contributed by atoms with Crippen molar-refractivity contribution in [1.82, 2.24) is 4.90 Å². The van der Waals surface area contributed by atoms with Gasteiger partial charge in [-0.25, -0.2) is 0 Å². The van der Waals surface area contributed by atoms with Crippen molar-refractivity contribution in [3.8, 4) is 0 Å². The molecule has 0 bridgehead atoms. The average Bonchev–Trinajstić information content (AvgIpc) is 3.08. The second kappa shape index (κ2) is 7.03. The molecule has 21 heavy (non-hydrogen) atoms. The molecule has 1 aromatic carbocycles. The van der Waals surface area contributed by atoms with E-state index in [1.165, 1.54) is 54.9 Å². The van der Waals surface area contributed by atoms with Crippen molar-refractivity contribution in [2.75, 3.05) is 37.3 Å². The first-order chi connectivity index (χ1) is 10.3. The van der Waals surface area contributed by atoms with Crippen LogP contribution < -0.4 is 10.6 Å². The summed E-state index contributed by atoms with van der Waals surface area (Å²) in [6.45, 7) is 5.33. The number of hydrogen-bond acceptors (Lipinski definition) is 4. The van der Waals surface area contributed by atoms with Crippen LogP contribution in [-0.4, -0.2) is 43.4 Å². The predicted octanol–water partition coefficient (Wildman–Crippen LogP) is 2.93. The molecule has 2 N–H and O–H groups in total. The Kier molecular flexibility index (Phi) is 5.09. The summed E-state index contributed by atoms with van der Waals surface area (Å²) in [7, 11) is 0. The second-order valence-corrected chi connectivity index (χ2v) is 6.97. The second-order valence-electron chi connectivity index (χ2n) is 6.12. The van der Waals surface area contributed by atoms with Gasteiger partial charge in [-0.2, -0.15) is 0 Å². The van der Waals surface area contributed by atoms with E-state index >= 15 is 0 Å². The van der Waals surface area contributed by atoms with Crippen LogP contribution in [0.1, 0.15) is 31.2 Å².